The second kappa shape index (κ2) is 7.59. The predicted molar refractivity (Wildman–Crippen MR) is 61.9 cm³/mol. The Hall–Kier alpha value is -2.70. The van der Waals surface area contributed by atoms with Gasteiger partial charge >= 0.3 is 23.9 Å². The molecule has 0 aromatic rings. The standard InChI is InChI=1S/C12H11O7/c1-4-9(14)17-12(7-8-13,18-10(15)5-2)19-11(16)6-3/h4-6H,1-3,7H2. The summed E-state index contributed by atoms with van der Waals surface area (Å²) in [4.78, 5) is 43.9. The van der Waals surface area contributed by atoms with Crippen molar-refractivity contribution in [3.05, 3.63) is 38.0 Å². The number of ether oxygens (including phenoxy) is 3. The normalized spacial score (nSPS) is 9.68. The van der Waals surface area contributed by atoms with Crippen molar-refractivity contribution in [3.8, 4) is 0 Å². The smallest absolute Gasteiger partial charge is 0.384 e. The first-order chi connectivity index (χ1) is 8.92. The third kappa shape index (κ3) is 5.44. The van der Waals surface area contributed by atoms with E-state index in [2.05, 4.69) is 33.9 Å². The Kier molecular flexibility index (Phi) is 6.51. The summed E-state index contributed by atoms with van der Waals surface area (Å²) in [6.07, 6.45) is 2.65. The van der Waals surface area contributed by atoms with Gasteiger partial charge in [0.25, 0.3) is 0 Å². The van der Waals surface area contributed by atoms with Crippen molar-refractivity contribution in [2.24, 2.45) is 0 Å². The Bertz CT molecular complexity index is 367. The molecule has 0 amide bonds. The molecule has 0 atom stereocenters. The number of carbonyl (C=O) groups is 3. The number of hydrogen-bond donors (Lipinski definition) is 0. The maximum absolute atomic E-state index is 11.1. The molecule has 7 heteroatoms. The van der Waals surface area contributed by atoms with E-state index in [1.54, 1.807) is 0 Å². The highest BCUT2D eigenvalue weighted by Gasteiger charge is 2.42. The lowest BCUT2D eigenvalue weighted by Gasteiger charge is -2.28. The maximum Gasteiger partial charge on any atom is 0.431 e. The van der Waals surface area contributed by atoms with Crippen molar-refractivity contribution >= 4 is 24.2 Å². The first-order valence-electron chi connectivity index (χ1n) is 4.84. The highest BCUT2D eigenvalue weighted by molar-refractivity contribution is 5.85. The van der Waals surface area contributed by atoms with Crippen molar-refractivity contribution in [1.29, 1.82) is 0 Å². The first-order valence-corrected chi connectivity index (χ1v) is 4.84. The van der Waals surface area contributed by atoms with E-state index in [-0.39, 0.29) is 0 Å². The lowest BCUT2D eigenvalue weighted by molar-refractivity contribution is -0.320. The minimum atomic E-state index is -2.57. The van der Waals surface area contributed by atoms with Gasteiger partial charge in [0, 0.05) is 18.2 Å². The second-order valence-electron chi connectivity index (χ2n) is 2.88. The molecule has 0 saturated heterocycles. The fraction of sp³-hybridized carbons (Fsp3) is 0.167. The van der Waals surface area contributed by atoms with Gasteiger partial charge < -0.3 is 14.2 Å². The molecular weight excluding hydrogens is 256 g/mol. The van der Waals surface area contributed by atoms with Crippen molar-refractivity contribution < 1.29 is 33.4 Å². The van der Waals surface area contributed by atoms with Gasteiger partial charge in [-0.05, 0) is 0 Å². The van der Waals surface area contributed by atoms with Gasteiger partial charge in [0.1, 0.15) is 6.42 Å². The van der Waals surface area contributed by atoms with Gasteiger partial charge in [-0.25, -0.2) is 14.4 Å². The number of rotatable bonds is 8. The molecule has 0 N–H and O–H groups in total. The fourth-order valence-electron chi connectivity index (χ4n) is 0.844. The highest BCUT2D eigenvalue weighted by Crippen LogP contribution is 2.21. The van der Waals surface area contributed by atoms with Crippen LogP contribution in [-0.4, -0.2) is 30.2 Å². The molecule has 0 aliphatic carbocycles. The van der Waals surface area contributed by atoms with Crippen LogP contribution in [-0.2, 0) is 33.4 Å². The Morgan fingerprint density at radius 3 is 1.42 bits per heavy atom. The summed E-state index contributed by atoms with van der Waals surface area (Å²) in [6.45, 7) is 9.33. The summed E-state index contributed by atoms with van der Waals surface area (Å²) in [7, 11) is 0. The average molecular weight is 267 g/mol. The lowest BCUT2D eigenvalue weighted by Crippen LogP contribution is -2.44. The monoisotopic (exact) mass is 267 g/mol. The molecule has 1 radical (unpaired) electrons. The maximum atomic E-state index is 11.1. The molecule has 0 aliphatic rings. The zero-order chi connectivity index (χ0) is 14.9. The van der Waals surface area contributed by atoms with Crippen LogP contribution in [0.25, 0.3) is 0 Å². The summed E-state index contributed by atoms with van der Waals surface area (Å²) in [5.74, 6) is -5.80. The highest BCUT2D eigenvalue weighted by atomic mass is 16.9. The summed E-state index contributed by atoms with van der Waals surface area (Å²) < 4.78 is 13.7. The summed E-state index contributed by atoms with van der Waals surface area (Å²) in [5.41, 5.74) is 0. The van der Waals surface area contributed by atoms with Crippen molar-refractivity contribution in [3.63, 3.8) is 0 Å². The van der Waals surface area contributed by atoms with Crippen molar-refractivity contribution in [2.75, 3.05) is 0 Å². The zero-order valence-corrected chi connectivity index (χ0v) is 9.92. The Morgan fingerprint density at radius 2 is 1.21 bits per heavy atom. The van der Waals surface area contributed by atoms with E-state index in [4.69, 9.17) is 0 Å². The first kappa shape index (κ1) is 16.3. The molecule has 0 fully saturated rings. The van der Waals surface area contributed by atoms with E-state index in [0.29, 0.717) is 0 Å². The van der Waals surface area contributed by atoms with Crippen LogP contribution in [0.5, 0.6) is 0 Å². The van der Waals surface area contributed by atoms with Crippen LogP contribution in [0.2, 0.25) is 0 Å². The zero-order valence-electron chi connectivity index (χ0n) is 9.92. The number of carbonyl (C=O) groups excluding carboxylic acids is 4. The topological polar surface area (TPSA) is 96.0 Å². The molecule has 0 unspecified atom stereocenters. The Balaban J connectivity index is 5.34. The summed E-state index contributed by atoms with van der Waals surface area (Å²) in [5, 5.41) is 0. The molecule has 0 aromatic heterocycles. The van der Waals surface area contributed by atoms with E-state index >= 15 is 0 Å². The van der Waals surface area contributed by atoms with E-state index in [1.165, 1.54) is 6.29 Å². The van der Waals surface area contributed by atoms with Gasteiger partial charge in [0.15, 0.2) is 0 Å². The van der Waals surface area contributed by atoms with Crippen LogP contribution in [0.15, 0.2) is 38.0 Å². The molecule has 7 nitrogen and oxygen atoms in total. The molecule has 0 spiro atoms. The Morgan fingerprint density at radius 1 is 0.895 bits per heavy atom. The van der Waals surface area contributed by atoms with Crippen LogP contribution >= 0.6 is 0 Å². The van der Waals surface area contributed by atoms with E-state index in [9.17, 15) is 19.2 Å². The molecule has 0 aromatic carbocycles. The van der Waals surface area contributed by atoms with Gasteiger partial charge in [-0.1, -0.05) is 19.7 Å². The lowest BCUT2D eigenvalue weighted by atomic mass is 10.4. The summed E-state index contributed by atoms with van der Waals surface area (Å²) >= 11 is 0. The molecule has 101 valence electrons. The average Bonchev–Trinajstić information content (AvgIpc) is 2.38. The van der Waals surface area contributed by atoms with E-state index in [1.807, 2.05) is 0 Å². The minimum absolute atomic E-state index is 0.725. The van der Waals surface area contributed by atoms with Crippen molar-refractivity contribution in [1.82, 2.24) is 0 Å². The largest absolute Gasteiger partial charge is 0.431 e. The van der Waals surface area contributed by atoms with Crippen LogP contribution < -0.4 is 0 Å². The van der Waals surface area contributed by atoms with Crippen LogP contribution in [0.1, 0.15) is 6.42 Å². The molecular formula is C12H11O7. The van der Waals surface area contributed by atoms with Crippen LogP contribution in [0.4, 0.5) is 0 Å². The molecule has 0 bridgehead atoms. The second-order valence-corrected chi connectivity index (χ2v) is 2.88. The van der Waals surface area contributed by atoms with Crippen LogP contribution in [0.3, 0.4) is 0 Å². The molecule has 0 saturated carbocycles. The van der Waals surface area contributed by atoms with Gasteiger partial charge in [-0.3, -0.25) is 4.79 Å². The molecule has 0 heterocycles. The third-order valence-corrected chi connectivity index (χ3v) is 1.56. The molecule has 0 aliphatic heterocycles. The van der Waals surface area contributed by atoms with Crippen LogP contribution in [0, 0.1) is 0 Å². The molecule has 0 rings (SSSR count). The van der Waals surface area contributed by atoms with E-state index in [0.717, 1.165) is 18.2 Å². The Labute approximate surface area is 109 Å². The quantitative estimate of drug-likeness (QED) is 0.355. The number of esters is 3. The fourth-order valence-corrected chi connectivity index (χ4v) is 0.844. The van der Waals surface area contributed by atoms with Gasteiger partial charge in [0.05, 0.1) is 0 Å². The minimum Gasteiger partial charge on any atom is -0.384 e. The van der Waals surface area contributed by atoms with Gasteiger partial charge in [0.2, 0.25) is 6.29 Å². The SMILES string of the molecule is C=CC(=O)OC(C[C]=O)(OC(=O)C=C)OC(=O)C=C. The number of hydrogen-bond acceptors (Lipinski definition) is 7. The van der Waals surface area contributed by atoms with Crippen molar-refractivity contribution in [2.45, 2.75) is 12.4 Å². The summed E-state index contributed by atoms with van der Waals surface area (Å²) in [6, 6.07) is 0. The van der Waals surface area contributed by atoms with Gasteiger partial charge in [-0.2, -0.15) is 0 Å². The molecule has 19 heavy (non-hydrogen) atoms. The van der Waals surface area contributed by atoms with E-state index < -0.39 is 30.3 Å². The third-order valence-electron chi connectivity index (χ3n) is 1.56. The predicted octanol–water partition coefficient (Wildman–Crippen LogP) is 0.328. The van der Waals surface area contributed by atoms with Gasteiger partial charge in [-0.15, -0.1) is 0 Å².